The molecule has 92 valence electrons. The van der Waals surface area contributed by atoms with Gasteiger partial charge >= 0.3 is 0 Å². The second-order valence-corrected chi connectivity index (χ2v) is 4.20. The fourth-order valence-corrected chi connectivity index (χ4v) is 2.30. The van der Waals surface area contributed by atoms with Crippen LogP contribution in [0.5, 0.6) is 5.75 Å². The Balaban J connectivity index is 2.03. The highest BCUT2D eigenvalue weighted by molar-refractivity contribution is 5.54. The van der Waals surface area contributed by atoms with Gasteiger partial charge in [0.25, 0.3) is 5.56 Å². The molecule has 1 aliphatic rings. The largest absolute Gasteiger partial charge is 0.497 e. The molecule has 0 saturated carbocycles. The minimum absolute atomic E-state index is 0.0448. The van der Waals surface area contributed by atoms with Gasteiger partial charge in [0.15, 0.2) is 0 Å². The smallest absolute Gasteiger partial charge is 0.256 e. The van der Waals surface area contributed by atoms with Gasteiger partial charge in [-0.05, 0) is 17.7 Å². The van der Waals surface area contributed by atoms with E-state index in [2.05, 4.69) is 15.3 Å². The summed E-state index contributed by atoms with van der Waals surface area (Å²) < 4.78 is 5.13. The molecule has 1 atom stereocenters. The molecule has 0 aliphatic carbocycles. The number of nitrogens with zero attached hydrogens (tertiary/aromatic N) is 1. The summed E-state index contributed by atoms with van der Waals surface area (Å²) in [7, 11) is 1.63. The lowest BCUT2D eigenvalue weighted by atomic mass is 9.95. The van der Waals surface area contributed by atoms with Crippen molar-refractivity contribution in [2.45, 2.75) is 5.92 Å². The molecule has 0 bridgehead atoms. The molecular formula is C13H13N3O2. The molecule has 0 saturated heterocycles. The molecule has 0 fully saturated rings. The van der Waals surface area contributed by atoms with Crippen molar-refractivity contribution in [3.63, 3.8) is 0 Å². The molecule has 18 heavy (non-hydrogen) atoms. The number of aromatic nitrogens is 2. The van der Waals surface area contributed by atoms with Crippen LogP contribution in [0.1, 0.15) is 17.0 Å². The van der Waals surface area contributed by atoms with Crippen LogP contribution in [0.3, 0.4) is 0 Å². The van der Waals surface area contributed by atoms with Crippen molar-refractivity contribution in [1.29, 1.82) is 0 Å². The summed E-state index contributed by atoms with van der Waals surface area (Å²) in [6.45, 7) is 0.696. The average Bonchev–Trinajstić information content (AvgIpc) is 2.84. The predicted molar refractivity (Wildman–Crippen MR) is 68.2 cm³/mol. The quantitative estimate of drug-likeness (QED) is 0.835. The van der Waals surface area contributed by atoms with E-state index in [0.717, 1.165) is 11.3 Å². The lowest BCUT2D eigenvalue weighted by Gasteiger charge is -2.10. The summed E-state index contributed by atoms with van der Waals surface area (Å²) in [4.78, 5) is 18.6. The van der Waals surface area contributed by atoms with E-state index in [9.17, 15) is 4.79 Å². The number of hydrogen-bond donors (Lipinski definition) is 2. The molecule has 0 radical (unpaired) electrons. The predicted octanol–water partition coefficient (Wildman–Crippen LogP) is 1.34. The van der Waals surface area contributed by atoms with Crippen LogP contribution >= 0.6 is 0 Å². The molecule has 1 aliphatic heterocycles. The Kier molecular flexibility index (Phi) is 2.51. The molecule has 2 heterocycles. The van der Waals surface area contributed by atoms with Crippen LogP contribution in [0.4, 0.5) is 5.82 Å². The summed E-state index contributed by atoms with van der Waals surface area (Å²) in [6.07, 6.45) is 1.42. The van der Waals surface area contributed by atoms with Gasteiger partial charge < -0.3 is 15.0 Å². The third kappa shape index (κ3) is 1.64. The third-order valence-corrected chi connectivity index (χ3v) is 3.23. The van der Waals surface area contributed by atoms with Crippen LogP contribution in [-0.4, -0.2) is 23.6 Å². The van der Waals surface area contributed by atoms with Gasteiger partial charge in [0, 0.05) is 12.5 Å². The number of nitrogens with one attached hydrogen (secondary N) is 2. The first-order valence-electron chi connectivity index (χ1n) is 5.75. The van der Waals surface area contributed by atoms with Crippen molar-refractivity contribution in [3.05, 3.63) is 52.1 Å². The zero-order valence-electron chi connectivity index (χ0n) is 9.93. The topological polar surface area (TPSA) is 67.0 Å². The number of ether oxygens (including phenoxy) is 1. The molecular weight excluding hydrogens is 230 g/mol. The number of H-pyrrole nitrogens is 1. The molecule has 5 nitrogen and oxygen atoms in total. The summed E-state index contributed by atoms with van der Waals surface area (Å²) in [6, 6.07) is 7.76. The molecule has 3 rings (SSSR count). The van der Waals surface area contributed by atoms with E-state index < -0.39 is 0 Å². The molecule has 0 spiro atoms. The third-order valence-electron chi connectivity index (χ3n) is 3.23. The minimum atomic E-state index is -0.0779. The van der Waals surface area contributed by atoms with Gasteiger partial charge in [0.2, 0.25) is 0 Å². The SMILES string of the molecule is COc1ccc([C@@H]2CNc3nc[nH]c(=O)c32)cc1. The first kappa shape index (κ1) is 10.8. The Labute approximate surface area is 104 Å². The first-order chi connectivity index (χ1) is 8.79. The van der Waals surface area contributed by atoms with Gasteiger partial charge in [0.05, 0.1) is 19.0 Å². The van der Waals surface area contributed by atoms with Gasteiger partial charge in [-0.3, -0.25) is 4.79 Å². The van der Waals surface area contributed by atoms with E-state index in [1.54, 1.807) is 7.11 Å². The van der Waals surface area contributed by atoms with Crippen LogP contribution in [0.2, 0.25) is 0 Å². The highest BCUT2D eigenvalue weighted by Gasteiger charge is 2.27. The van der Waals surface area contributed by atoms with Gasteiger partial charge in [-0.25, -0.2) is 4.98 Å². The maximum atomic E-state index is 11.9. The van der Waals surface area contributed by atoms with Gasteiger partial charge in [-0.15, -0.1) is 0 Å². The second-order valence-electron chi connectivity index (χ2n) is 4.20. The average molecular weight is 243 g/mol. The Bertz CT molecular complexity index is 619. The minimum Gasteiger partial charge on any atom is -0.497 e. The van der Waals surface area contributed by atoms with E-state index in [1.807, 2.05) is 24.3 Å². The van der Waals surface area contributed by atoms with Crippen molar-refractivity contribution in [3.8, 4) is 5.75 Å². The number of benzene rings is 1. The molecule has 0 unspecified atom stereocenters. The van der Waals surface area contributed by atoms with Crippen molar-refractivity contribution in [2.75, 3.05) is 19.0 Å². The molecule has 2 N–H and O–H groups in total. The molecule has 1 aromatic heterocycles. The zero-order chi connectivity index (χ0) is 12.5. The van der Waals surface area contributed by atoms with E-state index in [1.165, 1.54) is 6.33 Å². The maximum Gasteiger partial charge on any atom is 0.256 e. The van der Waals surface area contributed by atoms with Crippen LogP contribution in [0.15, 0.2) is 35.4 Å². The van der Waals surface area contributed by atoms with Crippen LogP contribution in [0, 0.1) is 0 Å². The number of aromatic amines is 1. The molecule has 1 aromatic carbocycles. The summed E-state index contributed by atoms with van der Waals surface area (Å²) in [5.74, 6) is 1.54. The van der Waals surface area contributed by atoms with Gasteiger partial charge in [0.1, 0.15) is 11.6 Å². The van der Waals surface area contributed by atoms with Crippen LogP contribution in [0.25, 0.3) is 0 Å². The number of hydrogen-bond acceptors (Lipinski definition) is 4. The summed E-state index contributed by atoms with van der Waals surface area (Å²) in [5, 5.41) is 3.16. The lowest BCUT2D eigenvalue weighted by Crippen LogP contribution is -2.15. The van der Waals surface area contributed by atoms with Gasteiger partial charge in [-0.2, -0.15) is 0 Å². The Hall–Kier alpha value is -2.30. The fraction of sp³-hybridized carbons (Fsp3) is 0.231. The van der Waals surface area contributed by atoms with E-state index >= 15 is 0 Å². The standard InChI is InChI=1S/C13H13N3O2/c1-18-9-4-2-8(3-5-9)10-6-14-12-11(10)13(17)16-7-15-12/h2-5,7,10H,6H2,1H3,(H2,14,15,16,17)/t10-/m0/s1. The monoisotopic (exact) mass is 243 g/mol. The van der Waals surface area contributed by atoms with E-state index in [0.29, 0.717) is 17.9 Å². The highest BCUT2D eigenvalue weighted by Crippen LogP contribution is 2.32. The lowest BCUT2D eigenvalue weighted by molar-refractivity contribution is 0.414. The Morgan fingerprint density at radius 2 is 2.11 bits per heavy atom. The van der Waals surface area contributed by atoms with E-state index in [-0.39, 0.29) is 11.5 Å². The Morgan fingerprint density at radius 3 is 2.83 bits per heavy atom. The molecule has 0 amide bonds. The zero-order valence-corrected chi connectivity index (χ0v) is 9.93. The maximum absolute atomic E-state index is 11.9. The fourth-order valence-electron chi connectivity index (χ4n) is 2.30. The number of rotatable bonds is 2. The summed E-state index contributed by atoms with van der Waals surface area (Å²) >= 11 is 0. The molecule has 5 heteroatoms. The Morgan fingerprint density at radius 1 is 1.33 bits per heavy atom. The normalized spacial score (nSPS) is 17.1. The molecule has 2 aromatic rings. The van der Waals surface area contributed by atoms with Crippen LogP contribution < -0.4 is 15.6 Å². The van der Waals surface area contributed by atoms with Crippen LogP contribution in [-0.2, 0) is 0 Å². The van der Waals surface area contributed by atoms with Crippen molar-refractivity contribution in [1.82, 2.24) is 9.97 Å². The number of anilines is 1. The highest BCUT2D eigenvalue weighted by atomic mass is 16.5. The number of methoxy groups -OCH3 is 1. The van der Waals surface area contributed by atoms with E-state index in [4.69, 9.17) is 4.74 Å². The summed E-state index contributed by atoms with van der Waals surface area (Å²) in [5.41, 5.74) is 1.72. The number of fused-ring (bicyclic) bond motifs is 1. The van der Waals surface area contributed by atoms with Crippen molar-refractivity contribution in [2.24, 2.45) is 0 Å². The van der Waals surface area contributed by atoms with Crippen molar-refractivity contribution < 1.29 is 4.74 Å². The van der Waals surface area contributed by atoms with Gasteiger partial charge in [-0.1, -0.05) is 12.1 Å². The van der Waals surface area contributed by atoms with Crippen molar-refractivity contribution >= 4 is 5.82 Å². The first-order valence-corrected chi connectivity index (χ1v) is 5.75. The second kappa shape index (κ2) is 4.18.